The van der Waals surface area contributed by atoms with E-state index in [4.69, 9.17) is 5.73 Å². The van der Waals surface area contributed by atoms with Crippen molar-refractivity contribution in [2.24, 2.45) is 12.8 Å². The summed E-state index contributed by atoms with van der Waals surface area (Å²) in [5, 5.41) is 4.09. The molecule has 20 heavy (non-hydrogen) atoms. The van der Waals surface area contributed by atoms with Crippen molar-refractivity contribution < 1.29 is 13.2 Å². The topological polar surface area (TPSA) is 43.8 Å². The lowest BCUT2D eigenvalue weighted by Crippen LogP contribution is -2.20. The summed E-state index contributed by atoms with van der Waals surface area (Å²) in [6.45, 7) is 0. The third-order valence-electron chi connectivity index (χ3n) is 3.75. The summed E-state index contributed by atoms with van der Waals surface area (Å²) < 4.78 is 40.9. The van der Waals surface area contributed by atoms with Gasteiger partial charge in [-0.3, -0.25) is 4.68 Å². The lowest BCUT2D eigenvalue weighted by atomic mass is 9.97. The van der Waals surface area contributed by atoms with Gasteiger partial charge < -0.3 is 5.73 Å². The molecule has 0 unspecified atom stereocenters. The molecule has 0 atom stereocenters. The zero-order valence-corrected chi connectivity index (χ0v) is 10.9. The first-order chi connectivity index (χ1) is 9.33. The molecule has 1 aliphatic carbocycles. The van der Waals surface area contributed by atoms with Crippen LogP contribution in [0.5, 0.6) is 0 Å². The molecular formula is C14H14F3N3. The van der Waals surface area contributed by atoms with Crippen molar-refractivity contribution in [3.63, 3.8) is 0 Å². The van der Waals surface area contributed by atoms with Crippen molar-refractivity contribution in [2.75, 3.05) is 0 Å². The van der Waals surface area contributed by atoms with Crippen molar-refractivity contribution in [2.45, 2.75) is 24.6 Å². The van der Waals surface area contributed by atoms with Gasteiger partial charge in [-0.1, -0.05) is 18.2 Å². The van der Waals surface area contributed by atoms with E-state index in [9.17, 15) is 13.2 Å². The Hall–Kier alpha value is -1.82. The molecule has 1 aromatic heterocycles. The fraction of sp³-hybridized carbons (Fsp3) is 0.357. The fourth-order valence-corrected chi connectivity index (χ4v) is 2.46. The highest BCUT2D eigenvalue weighted by Crippen LogP contribution is 2.48. The van der Waals surface area contributed by atoms with Crippen LogP contribution < -0.4 is 5.73 Å². The van der Waals surface area contributed by atoms with Gasteiger partial charge in [-0.25, -0.2) is 0 Å². The maximum absolute atomic E-state index is 13.2. The molecule has 0 amide bonds. The van der Waals surface area contributed by atoms with Gasteiger partial charge in [0.25, 0.3) is 0 Å². The van der Waals surface area contributed by atoms with Crippen LogP contribution in [0.1, 0.15) is 24.0 Å². The van der Waals surface area contributed by atoms with E-state index < -0.39 is 17.3 Å². The van der Waals surface area contributed by atoms with E-state index in [1.54, 1.807) is 19.3 Å². The van der Waals surface area contributed by atoms with Gasteiger partial charge in [0, 0.05) is 23.7 Å². The minimum Gasteiger partial charge on any atom is -0.321 e. The monoisotopic (exact) mass is 281 g/mol. The Morgan fingerprint density at radius 1 is 1.25 bits per heavy atom. The Labute approximate surface area is 114 Å². The molecule has 1 aliphatic rings. The first kappa shape index (κ1) is 13.2. The number of halogens is 3. The molecule has 6 heteroatoms. The van der Waals surface area contributed by atoms with Crippen LogP contribution in [0, 0.1) is 0 Å². The molecule has 1 aromatic carbocycles. The van der Waals surface area contributed by atoms with Gasteiger partial charge in [-0.05, 0) is 18.9 Å². The minimum atomic E-state index is -4.40. The van der Waals surface area contributed by atoms with Crippen molar-refractivity contribution in [3.05, 3.63) is 41.6 Å². The molecule has 0 radical (unpaired) electrons. The standard InChI is InChI=1S/C14H14F3N3/c1-20-12(11(8-19-20)13(18)6-7-13)9-4-2-3-5-10(9)14(15,16)17/h2-5,8H,6-7,18H2,1H3. The Balaban J connectivity index is 2.23. The molecule has 2 N–H and O–H groups in total. The molecule has 3 nitrogen and oxygen atoms in total. The maximum atomic E-state index is 13.2. The lowest BCUT2D eigenvalue weighted by Gasteiger charge is -2.16. The Kier molecular flexibility index (Phi) is 2.69. The van der Waals surface area contributed by atoms with E-state index in [1.807, 2.05) is 0 Å². The van der Waals surface area contributed by atoms with E-state index >= 15 is 0 Å². The second kappa shape index (κ2) is 4.09. The summed E-state index contributed by atoms with van der Waals surface area (Å²) in [5.74, 6) is 0. The van der Waals surface area contributed by atoms with Crippen LogP contribution in [0.15, 0.2) is 30.5 Å². The highest BCUT2D eigenvalue weighted by atomic mass is 19.4. The molecule has 0 saturated heterocycles. The van der Waals surface area contributed by atoms with Gasteiger partial charge in [0.2, 0.25) is 0 Å². The highest BCUT2D eigenvalue weighted by Gasteiger charge is 2.44. The largest absolute Gasteiger partial charge is 0.417 e. The van der Waals surface area contributed by atoms with Crippen LogP contribution in [0.2, 0.25) is 0 Å². The molecule has 1 fully saturated rings. The molecule has 106 valence electrons. The maximum Gasteiger partial charge on any atom is 0.417 e. The SMILES string of the molecule is Cn1ncc(C2(N)CC2)c1-c1ccccc1C(F)(F)F. The summed E-state index contributed by atoms with van der Waals surface area (Å²) >= 11 is 0. The average molecular weight is 281 g/mol. The smallest absolute Gasteiger partial charge is 0.321 e. The number of aryl methyl sites for hydroxylation is 1. The summed E-state index contributed by atoms with van der Waals surface area (Å²) in [6.07, 6.45) is -1.27. The van der Waals surface area contributed by atoms with Crippen LogP contribution in [0.3, 0.4) is 0 Å². The second-order valence-corrected chi connectivity index (χ2v) is 5.23. The van der Waals surface area contributed by atoms with Gasteiger partial charge in [-0.15, -0.1) is 0 Å². The predicted molar refractivity (Wildman–Crippen MR) is 68.7 cm³/mol. The first-order valence-corrected chi connectivity index (χ1v) is 6.31. The van der Waals surface area contributed by atoms with Crippen molar-refractivity contribution in [1.82, 2.24) is 9.78 Å². The van der Waals surface area contributed by atoms with E-state index in [0.717, 1.165) is 18.9 Å². The number of aromatic nitrogens is 2. The number of benzene rings is 1. The quantitative estimate of drug-likeness (QED) is 0.919. The number of hydrogen-bond donors (Lipinski definition) is 1. The van der Waals surface area contributed by atoms with E-state index in [0.29, 0.717) is 11.3 Å². The number of nitrogens with two attached hydrogens (primary N) is 1. The fourth-order valence-electron chi connectivity index (χ4n) is 2.46. The van der Waals surface area contributed by atoms with Crippen LogP contribution in [-0.4, -0.2) is 9.78 Å². The Bertz CT molecular complexity index is 654. The van der Waals surface area contributed by atoms with Gasteiger partial charge in [0.1, 0.15) is 0 Å². The summed E-state index contributed by atoms with van der Waals surface area (Å²) in [4.78, 5) is 0. The Morgan fingerprint density at radius 2 is 1.90 bits per heavy atom. The third kappa shape index (κ3) is 2.00. The van der Waals surface area contributed by atoms with Crippen molar-refractivity contribution in [1.29, 1.82) is 0 Å². The molecule has 3 rings (SSSR count). The van der Waals surface area contributed by atoms with Gasteiger partial charge >= 0.3 is 6.18 Å². The normalized spacial score (nSPS) is 17.2. The average Bonchev–Trinajstić information content (AvgIpc) is 2.99. The number of alkyl halides is 3. The predicted octanol–water partition coefficient (Wildman–Crippen LogP) is 3.05. The molecule has 0 bridgehead atoms. The van der Waals surface area contributed by atoms with Crippen LogP contribution in [0.4, 0.5) is 13.2 Å². The molecule has 0 aliphatic heterocycles. The number of hydrogen-bond acceptors (Lipinski definition) is 2. The number of nitrogens with zero attached hydrogens (tertiary/aromatic N) is 2. The lowest BCUT2D eigenvalue weighted by molar-refractivity contribution is -0.137. The molecular weight excluding hydrogens is 267 g/mol. The summed E-state index contributed by atoms with van der Waals surface area (Å²) in [5.41, 5.74) is 6.24. The van der Waals surface area contributed by atoms with Gasteiger partial charge in [0.05, 0.1) is 17.5 Å². The van der Waals surface area contributed by atoms with Crippen molar-refractivity contribution in [3.8, 4) is 11.3 Å². The summed E-state index contributed by atoms with van der Waals surface area (Å²) in [7, 11) is 1.64. The third-order valence-corrected chi connectivity index (χ3v) is 3.75. The minimum absolute atomic E-state index is 0.131. The van der Waals surface area contributed by atoms with Crippen LogP contribution in [-0.2, 0) is 18.8 Å². The molecule has 2 aromatic rings. The summed E-state index contributed by atoms with van der Waals surface area (Å²) in [6, 6.07) is 5.53. The molecule has 1 heterocycles. The van der Waals surface area contributed by atoms with E-state index in [1.165, 1.54) is 16.8 Å². The van der Waals surface area contributed by atoms with Gasteiger partial charge in [-0.2, -0.15) is 18.3 Å². The molecule has 1 saturated carbocycles. The van der Waals surface area contributed by atoms with Crippen molar-refractivity contribution >= 4 is 0 Å². The van der Waals surface area contributed by atoms with E-state index in [-0.39, 0.29) is 5.56 Å². The molecule has 0 spiro atoms. The van der Waals surface area contributed by atoms with Gasteiger partial charge in [0.15, 0.2) is 0 Å². The zero-order valence-electron chi connectivity index (χ0n) is 10.9. The first-order valence-electron chi connectivity index (χ1n) is 6.31. The van der Waals surface area contributed by atoms with E-state index in [2.05, 4.69) is 5.10 Å². The number of rotatable bonds is 2. The second-order valence-electron chi connectivity index (χ2n) is 5.23. The van der Waals surface area contributed by atoms with Crippen LogP contribution >= 0.6 is 0 Å². The Morgan fingerprint density at radius 3 is 2.50 bits per heavy atom. The zero-order chi connectivity index (χ0) is 14.5. The highest BCUT2D eigenvalue weighted by molar-refractivity contribution is 5.69. The van der Waals surface area contributed by atoms with Crippen LogP contribution in [0.25, 0.3) is 11.3 Å².